The number of rotatable bonds is 5. The van der Waals surface area contributed by atoms with Crippen molar-refractivity contribution in [3.05, 3.63) is 12.2 Å². The summed E-state index contributed by atoms with van der Waals surface area (Å²) in [5.74, 6) is 0.152. The minimum atomic E-state index is 0.0282. The number of carbonyl (C=O) groups excluding carboxylic acids is 1. The van der Waals surface area contributed by atoms with Crippen LogP contribution in [0.2, 0.25) is 0 Å². The first kappa shape index (κ1) is 13.2. The molecule has 4 heteroatoms. The molecule has 0 aliphatic carbocycles. The van der Waals surface area contributed by atoms with E-state index >= 15 is 0 Å². The van der Waals surface area contributed by atoms with Crippen LogP contribution in [0.25, 0.3) is 0 Å². The summed E-state index contributed by atoms with van der Waals surface area (Å²) in [4.78, 5) is 13.8. The third-order valence-corrected chi connectivity index (χ3v) is 2.60. The minimum Gasteiger partial charge on any atom is -0.375 e. The van der Waals surface area contributed by atoms with E-state index in [0.29, 0.717) is 19.6 Å². The number of hydrogen-bond donors (Lipinski definition) is 1. The van der Waals surface area contributed by atoms with E-state index in [9.17, 15) is 4.79 Å². The maximum atomic E-state index is 12.0. The van der Waals surface area contributed by atoms with Gasteiger partial charge in [-0.05, 0) is 13.8 Å². The quantitative estimate of drug-likeness (QED) is 0.705. The Kier molecular flexibility index (Phi) is 5.49. The highest BCUT2D eigenvalue weighted by molar-refractivity contribution is 5.77. The van der Waals surface area contributed by atoms with E-state index in [1.807, 2.05) is 18.7 Å². The molecule has 0 saturated carbocycles. The smallest absolute Gasteiger partial charge is 0.225 e. The van der Waals surface area contributed by atoms with Crippen molar-refractivity contribution in [2.45, 2.75) is 26.4 Å². The zero-order valence-electron chi connectivity index (χ0n) is 10.3. The predicted molar refractivity (Wildman–Crippen MR) is 64.3 cm³/mol. The van der Waals surface area contributed by atoms with Gasteiger partial charge in [0.1, 0.15) is 0 Å². The molecule has 1 heterocycles. The van der Waals surface area contributed by atoms with Gasteiger partial charge in [0, 0.05) is 26.2 Å². The van der Waals surface area contributed by atoms with E-state index in [1.165, 1.54) is 0 Å². The molecule has 16 heavy (non-hydrogen) atoms. The molecule has 1 fully saturated rings. The van der Waals surface area contributed by atoms with Gasteiger partial charge in [0.25, 0.3) is 0 Å². The predicted octanol–water partition coefficient (Wildman–Crippen LogP) is 0.790. The van der Waals surface area contributed by atoms with E-state index in [-0.39, 0.29) is 12.0 Å². The second-order valence-electron chi connectivity index (χ2n) is 4.27. The van der Waals surface area contributed by atoms with Crippen LogP contribution in [0.1, 0.15) is 20.3 Å². The normalized spacial score (nSPS) is 20.5. The van der Waals surface area contributed by atoms with Crippen molar-refractivity contribution >= 4 is 5.91 Å². The summed E-state index contributed by atoms with van der Waals surface area (Å²) in [5.41, 5.74) is 1.01. The maximum absolute atomic E-state index is 12.0. The van der Waals surface area contributed by atoms with E-state index in [1.54, 1.807) is 0 Å². The van der Waals surface area contributed by atoms with Gasteiger partial charge < -0.3 is 15.0 Å². The number of nitrogens with zero attached hydrogens (tertiary/aromatic N) is 1. The van der Waals surface area contributed by atoms with Gasteiger partial charge in [-0.15, -0.1) is 0 Å². The fourth-order valence-electron chi connectivity index (χ4n) is 1.78. The number of carbonyl (C=O) groups is 1. The third-order valence-electron chi connectivity index (χ3n) is 2.60. The van der Waals surface area contributed by atoms with Crippen molar-refractivity contribution in [3.63, 3.8) is 0 Å². The van der Waals surface area contributed by atoms with Gasteiger partial charge in [-0.1, -0.05) is 12.2 Å². The van der Waals surface area contributed by atoms with Crippen LogP contribution in [0.4, 0.5) is 0 Å². The molecular formula is C12H22N2O2. The van der Waals surface area contributed by atoms with E-state index in [0.717, 1.165) is 25.2 Å². The first-order valence-corrected chi connectivity index (χ1v) is 5.88. The molecular weight excluding hydrogens is 204 g/mol. The summed E-state index contributed by atoms with van der Waals surface area (Å²) >= 11 is 0. The lowest BCUT2D eigenvalue weighted by Crippen LogP contribution is -2.42. The van der Waals surface area contributed by atoms with Crippen molar-refractivity contribution < 1.29 is 9.53 Å². The van der Waals surface area contributed by atoms with E-state index < -0.39 is 0 Å². The van der Waals surface area contributed by atoms with Crippen LogP contribution in [-0.4, -0.2) is 49.7 Å². The highest BCUT2D eigenvalue weighted by atomic mass is 16.5. The van der Waals surface area contributed by atoms with Crippen LogP contribution >= 0.6 is 0 Å². The van der Waals surface area contributed by atoms with E-state index in [2.05, 4.69) is 11.9 Å². The van der Waals surface area contributed by atoms with Crippen LogP contribution in [0.5, 0.6) is 0 Å². The van der Waals surface area contributed by atoms with Gasteiger partial charge in [0.05, 0.1) is 19.1 Å². The van der Waals surface area contributed by atoms with Crippen LogP contribution in [0.15, 0.2) is 12.2 Å². The Morgan fingerprint density at radius 2 is 2.38 bits per heavy atom. The zero-order valence-corrected chi connectivity index (χ0v) is 10.3. The van der Waals surface area contributed by atoms with Gasteiger partial charge in [-0.2, -0.15) is 0 Å². The molecule has 92 valence electrons. The highest BCUT2D eigenvalue weighted by Gasteiger charge is 2.20. The van der Waals surface area contributed by atoms with Crippen molar-refractivity contribution in [1.82, 2.24) is 10.2 Å². The number of hydrogen-bond acceptors (Lipinski definition) is 3. The van der Waals surface area contributed by atoms with Crippen molar-refractivity contribution in [2.24, 2.45) is 0 Å². The Balaban J connectivity index is 2.38. The maximum Gasteiger partial charge on any atom is 0.225 e. The Morgan fingerprint density at radius 1 is 1.62 bits per heavy atom. The average Bonchev–Trinajstić information content (AvgIpc) is 2.26. The summed E-state index contributed by atoms with van der Waals surface area (Å²) in [6.07, 6.45) is 0.495. The number of morpholine rings is 1. The molecule has 0 bridgehead atoms. The molecule has 0 radical (unpaired) electrons. The molecule has 1 aliphatic rings. The lowest BCUT2D eigenvalue weighted by atomic mass is 10.2. The summed E-state index contributed by atoms with van der Waals surface area (Å²) in [7, 11) is 0. The molecule has 0 aromatic rings. The fourth-order valence-corrected chi connectivity index (χ4v) is 1.78. The van der Waals surface area contributed by atoms with Gasteiger partial charge in [-0.3, -0.25) is 4.79 Å². The highest BCUT2D eigenvalue weighted by Crippen LogP contribution is 2.06. The van der Waals surface area contributed by atoms with Gasteiger partial charge in [-0.25, -0.2) is 0 Å². The number of amides is 1. The lowest BCUT2D eigenvalue weighted by molar-refractivity contribution is -0.134. The molecule has 0 spiro atoms. The molecule has 1 atom stereocenters. The SMILES string of the molecule is C=C(C)CN(CC)C(=O)CC1CNCCO1. The molecule has 1 amide bonds. The summed E-state index contributed by atoms with van der Waals surface area (Å²) in [6, 6.07) is 0. The fraction of sp³-hybridized carbons (Fsp3) is 0.750. The Bertz CT molecular complexity index is 247. The third kappa shape index (κ3) is 4.33. The van der Waals surface area contributed by atoms with Crippen molar-refractivity contribution in [3.8, 4) is 0 Å². The van der Waals surface area contributed by atoms with Crippen LogP contribution in [-0.2, 0) is 9.53 Å². The number of likely N-dealkylation sites (N-methyl/N-ethyl adjacent to an activating group) is 1. The molecule has 0 aromatic heterocycles. The topological polar surface area (TPSA) is 41.6 Å². The molecule has 1 aliphatic heterocycles. The monoisotopic (exact) mass is 226 g/mol. The molecule has 1 saturated heterocycles. The number of nitrogens with one attached hydrogen (secondary N) is 1. The second kappa shape index (κ2) is 6.66. The van der Waals surface area contributed by atoms with Crippen LogP contribution in [0, 0.1) is 0 Å². The summed E-state index contributed by atoms with van der Waals surface area (Å²) in [5, 5.41) is 3.22. The van der Waals surface area contributed by atoms with Gasteiger partial charge in [0.2, 0.25) is 5.91 Å². The zero-order chi connectivity index (χ0) is 12.0. The van der Waals surface area contributed by atoms with Crippen LogP contribution in [0.3, 0.4) is 0 Å². The molecule has 1 N–H and O–H groups in total. The molecule has 0 aromatic carbocycles. The standard InChI is InChI=1S/C12H22N2O2/c1-4-14(9-10(2)3)12(15)7-11-8-13-5-6-16-11/h11,13H,2,4-9H2,1,3H3. The van der Waals surface area contributed by atoms with E-state index in [4.69, 9.17) is 4.74 Å². The molecule has 4 nitrogen and oxygen atoms in total. The average molecular weight is 226 g/mol. The summed E-state index contributed by atoms with van der Waals surface area (Å²) in [6.45, 7) is 11.5. The minimum absolute atomic E-state index is 0.0282. The Morgan fingerprint density at radius 3 is 2.88 bits per heavy atom. The van der Waals surface area contributed by atoms with Crippen molar-refractivity contribution in [2.75, 3.05) is 32.8 Å². The first-order valence-electron chi connectivity index (χ1n) is 5.88. The van der Waals surface area contributed by atoms with Gasteiger partial charge in [0.15, 0.2) is 0 Å². The second-order valence-corrected chi connectivity index (χ2v) is 4.27. The Labute approximate surface area is 97.6 Å². The first-order chi connectivity index (χ1) is 7.63. The Hall–Kier alpha value is -0.870. The van der Waals surface area contributed by atoms with Gasteiger partial charge >= 0.3 is 0 Å². The largest absolute Gasteiger partial charge is 0.375 e. The van der Waals surface area contributed by atoms with Crippen molar-refractivity contribution in [1.29, 1.82) is 0 Å². The molecule has 1 unspecified atom stereocenters. The van der Waals surface area contributed by atoms with Crippen LogP contribution < -0.4 is 5.32 Å². The number of ether oxygens (including phenoxy) is 1. The lowest BCUT2D eigenvalue weighted by Gasteiger charge is -2.27. The summed E-state index contributed by atoms with van der Waals surface area (Å²) < 4.78 is 5.52. The molecule has 1 rings (SSSR count).